The molecule has 1 N–H and O–H groups in total. The van der Waals surface area contributed by atoms with Crippen LogP contribution in [0.5, 0.6) is 11.5 Å². The standard InChI is InChI=1S/C14H11ClO3/c15-12-4-5-14(11(7-12)9-17)18-13-3-1-2-10(6-13)8-16/h1-7,9,16H,8H2. The SMILES string of the molecule is O=Cc1cc(Cl)ccc1Oc1cccc(CO)c1. The number of aliphatic hydroxyl groups excluding tert-OH is 1. The van der Waals surface area contributed by atoms with E-state index in [0.29, 0.717) is 28.4 Å². The van der Waals surface area contributed by atoms with E-state index in [0.717, 1.165) is 5.56 Å². The van der Waals surface area contributed by atoms with E-state index in [2.05, 4.69) is 0 Å². The topological polar surface area (TPSA) is 46.5 Å². The first-order valence-corrected chi connectivity index (χ1v) is 5.73. The Morgan fingerprint density at radius 3 is 2.78 bits per heavy atom. The Kier molecular flexibility index (Phi) is 3.97. The van der Waals surface area contributed by atoms with E-state index in [1.54, 1.807) is 42.5 Å². The lowest BCUT2D eigenvalue weighted by atomic mass is 10.2. The van der Waals surface area contributed by atoms with Crippen molar-refractivity contribution in [3.63, 3.8) is 0 Å². The molecule has 0 aliphatic heterocycles. The molecule has 0 atom stereocenters. The van der Waals surface area contributed by atoms with Crippen LogP contribution in [0, 0.1) is 0 Å². The van der Waals surface area contributed by atoms with Gasteiger partial charge in [0.2, 0.25) is 0 Å². The zero-order valence-corrected chi connectivity index (χ0v) is 10.2. The summed E-state index contributed by atoms with van der Waals surface area (Å²) in [4.78, 5) is 10.9. The zero-order chi connectivity index (χ0) is 13.0. The zero-order valence-electron chi connectivity index (χ0n) is 9.47. The lowest BCUT2D eigenvalue weighted by molar-refractivity contribution is 0.112. The van der Waals surface area contributed by atoms with Crippen LogP contribution in [0.25, 0.3) is 0 Å². The predicted octanol–water partition coefficient (Wildman–Crippen LogP) is 3.44. The van der Waals surface area contributed by atoms with Crippen LogP contribution in [0.4, 0.5) is 0 Å². The van der Waals surface area contributed by atoms with Crippen molar-refractivity contribution in [2.75, 3.05) is 0 Å². The minimum atomic E-state index is -0.0572. The monoisotopic (exact) mass is 262 g/mol. The van der Waals surface area contributed by atoms with Crippen molar-refractivity contribution in [2.24, 2.45) is 0 Å². The van der Waals surface area contributed by atoms with Gasteiger partial charge in [0, 0.05) is 5.02 Å². The number of aldehydes is 1. The molecule has 92 valence electrons. The highest BCUT2D eigenvalue weighted by Gasteiger charge is 2.05. The number of aliphatic hydroxyl groups is 1. The van der Waals surface area contributed by atoms with E-state index in [1.165, 1.54) is 0 Å². The van der Waals surface area contributed by atoms with Crippen LogP contribution in [-0.4, -0.2) is 11.4 Å². The first-order chi connectivity index (χ1) is 8.72. The number of halogens is 1. The van der Waals surface area contributed by atoms with Gasteiger partial charge < -0.3 is 9.84 Å². The van der Waals surface area contributed by atoms with Gasteiger partial charge in [-0.1, -0.05) is 23.7 Å². The summed E-state index contributed by atoms with van der Waals surface area (Å²) in [5.74, 6) is 0.997. The Morgan fingerprint density at radius 2 is 2.06 bits per heavy atom. The smallest absolute Gasteiger partial charge is 0.153 e. The lowest BCUT2D eigenvalue weighted by Gasteiger charge is -2.09. The molecule has 0 saturated heterocycles. The maximum Gasteiger partial charge on any atom is 0.153 e. The number of carbonyl (C=O) groups is 1. The number of benzene rings is 2. The minimum Gasteiger partial charge on any atom is -0.457 e. The van der Waals surface area contributed by atoms with Crippen LogP contribution >= 0.6 is 11.6 Å². The van der Waals surface area contributed by atoms with E-state index in [9.17, 15) is 4.79 Å². The van der Waals surface area contributed by atoms with E-state index in [4.69, 9.17) is 21.4 Å². The molecule has 2 rings (SSSR count). The minimum absolute atomic E-state index is 0.0572. The van der Waals surface area contributed by atoms with Crippen LogP contribution in [0.2, 0.25) is 5.02 Å². The van der Waals surface area contributed by atoms with Crippen LogP contribution < -0.4 is 4.74 Å². The molecule has 3 nitrogen and oxygen atoms in total. The second-order valence-corrected chi connectivity index (χ2v) is 4.14. The van der Waals surface area contributed by atoms with Gasteiger partial charge in [-0.3, -0.25) is 4.79 Å². The Balaban J connectivity index is 2.30. The molecule has 0 unspecified atom stereocenters. The summed E-state index contributed by atoms with van der Waals surface area (Å²) in [6.45, 7) is -0.0572. The van der Waals surface area contributed by atoms with Crippen LogP contribution in [0.1, 0.15) is 15.9 Å². The molecule has 2 aromatic rings. The van der Waals surface area contributed by atoms with Crippen molar-refractivity contribution in [3.05, 3.63) is 58.6 Å². The Hall–Kier alpha value is -1.84. The summed E-state index contributed by atoms with van der Waals surface area (Å²) in [6, 6.07) is 11.9. The molecular formula is C14H11ClO3. The van der Waals surface area contributed by atoms with E-state index in [1.807, 2.05) is 0 Å². The Bertz CT molecular complexity index is 567. The summed E-state index contributed by atoms with van der Waals surface area (Å²) in [5.41, 5.74) is 1.13. The molecule has 0 bridgehead atoms. The highest BCUT2D eigenvalue weighted by Crippen LogP contribution is 2.27. The van der Waals surface area contributed by atoms with Crippen molar-refractivity contribution in [1.82, 2.24) is 0 Å². The number of ether oxygens (including phenoxy) is 1. The second-order valence-electron chi connectivity index (χ2n) is 3.71. The number of hydrogen-bond donors (Lipinski definition) is 1. The third kappa shape index (κ3) is 2.88. The molecule has 0 aliphatic rings. The molecule has 4 heteroatoms. The first-order valence-electron chi connectivity index (χ1n) is 5.35. The van der Waals surface area contributed by atoms with Gasteiger partial charge in [0.05, 0.1) is 12.2 Å². The fourth-order valence-electron chi connectivity index (χ4n) is 1.54. The van der Waals surface area contributed by atoms with Crippen molar-refractivity contribution in [1.29, 1.82) is 0 Å². The fourth-order valence-corrected chi connectivity index (χ4v) is 1.72. The quantitative estimate of drug-likeness (QED) is 0.859. The summed E-state index contributed by atoms with van der Waals surface area (Å²) in [5, 5.41) is 9.52. The van der Waals surface area contributed by atoms with E-state index >= 15 is 0 Å². The molecule has 0 saturated carbocycles. The molecular weight excluding hydrogens is 252 g/mol. The average molecular weight is 263 g/mol. The Morgan fingerprint density at radius 1 is 1.22 bits per heavy atom. The van der Waals surface area contributed by atoms with E-state index < -0.39 is 0 Å². The number of hydrogen-bond acceptors (Lipinski definition) is 3. The molecule has 0 aromatic heterocycles. The molecule has 0 aliphatic carbocycles. The molecule has 2 aromatic carbocycles. The maximum atomic E-state index is 10.9. The Labute approximate surface area is 110 Å². The summed E-state index contributed by atoms with van der Waals surface area (Å²) < 4.78 is 5.60. The molecule has 0 heterocycles. The van der Waals surface area contributed by atoms with Gasteiger partial charge in [-0.25, -0.2) is 0 Å². The van der Waals surface area contributed by atoms with Gasteiger partial charge in [-0.15, -0.1) is 0 Å². The molecule has 0 fully saturated rings. The van der Waals surface area contributed by atoms with Gasteiger partial charge in [0.1, 0.15) is 11.5 Å². The second kappa shape index (κ2) is 5.67. The van der Waals surface area contributed by atoms with Crippen LogP contribution in [0.3, 0.4) is 0 Å². The van der Waals surface area contributed by atoms with E-state index in [-0.39, 0.29) is 6.61 Å². The first kappa shape index (κ1) is 12.6. The van der Waals surface area contributed by atoms with Gasteiger partial charge >= 0.3 is 0 Å². The number of carbonyl (C=O) groups excluding carboxylic acids is 1. The predicted molar refractivity (Wildman–Crippen MR) is 69.3 cm³/mol. The van der Waals surface area contributed by atoms with Crippen molar-refractivity contribution >= 4 is 17.9 Å². The number of rotatable bonds is 4. The lowest BCUT2D eigenvalue weighted by Crippen LogP contribution is -1.91. The van der Waals surface area contributed by atoms with Gasteiger partial charge in [-0.05, 0) is 35.9 Å². The fraction of sp³-hybridized carbons (Fsp3) is 0.0714. The molecule has 18 heavy (non-hydrogen) atoms. The third-order valence-electron chi connectivity index (χ3n) is 2.41. The van der Waals surface area contributed by atoms with Gasteiger partial charge in [0.15, 0.2) is 6.29 Å². The average Bonchev–Trinajstić information content (AvgIpc) is 2.41. The third-order valence-corrected chi connectivity index (χ3v) is 2.64. The molecule has 0 amide bonds. The summed E-state index contributed by atoms with van der Waals surface area (Å²) >= 11 is 5.80. The van der Waals surface area contributed by atoms with Crippen molar-refractivity contribution < 1.29 is 14.6 Å². The largest absolute Gasteiger partial charge is 0.457 e. The highest BCUT2D eigenvalue weighted by atomic mass is 35.5. The van der Waals surface area contributed by atoms with Crippen LogP contribution in [-0.2, 0) is 6.61 Å². The molecule has 0 spiro atoms. The van der Waals surface area contributed by atoms with Crippen molar-refractivity contribution in [3.8, 4) is 11.5 Å². The van der Waals surface area contributed by atoms with Gasteiger partial charge in [-0.2, -0.15) is 0 Å². The van der Waals surface area contributed by atoms with Crippen LogP contribution in [0.15, 0.2) is 42.5 Å². The van der Waals surface area contributed by atoms with Crippen molar-refractivity contribution in [2.45, 2.75) is 6.61 Å². The summed E-state index contributed by atoms with van der Waals surface area (Å²) in [6.07, 6.45) is 0.692. The van der Waals surface area contributed by atoms with Gasteiger partial charge in [0.25, 0.3) is 0 Å². The highest BCUT2D eigenvalue weighted by molar-refractivity contribution is 6.30. The maximum absolute atomic E-state index is 10.9. The summed E-state index contributed by atoms with van der Waals surface area (Å²) in [7, 11) is 0. The normalized spacial score (nSPS) is 10.1. The molecule has 0 radical (unpaired) electrons.